The number of nitrogens with zero attached hydrogens (tertiary/aromatic N) is 1. The van der Waals surface area contributed by atoms with E-state index >= 15 is 0 Å². The van der Waals surface area contributed by atoms with Crippen LogP contribution in [0.5, 0.6) is 0 Å². The van der Waals surface area contributed by atoms with Crippen molar-refractivity contribution >= 4 is 28.3 Å². The van der Waals surface area contributed by atoms with E-state index in [-0.39, 0.29) is 11.8 Å². The van der Waals surface area contributed by atoms with E-state index in [1.807, 2.05) is 31.2 Å². The Bertz CT molecular complexity index is 799. The normalized spacial score (nSPS) is 14.5. The van der Waals surface area contributed by atoms with Crippen LogP contribution in [0.2, 0.25) is 0 Å². The molecule has 0 radical (unpaired) electrons. The van der Waals surface area contributed by atoms with E-state index in [2.05, 4.69) is 20.9 Å². The van der Waals surface area contributed by atoms with Crippen LogP contribution in [-0.2, 0) is 0 Å². The minimum atomic E-state index is -0.0766. The van der Waals surface area contributed by atoms with Crippen LogP contribution in [0.15, 0.2) is 30.5 Å². The van der Waals surface area contributed by atoms with Gasteiger partial charge in [-0.3, -0.25) is 4.79 Å². The molecule has 3 rings (SSSR count). The predicted octanol–water partition coefficient (Wildman–Crippen LogP) is 4.12. The molecule has 3 N–H and O–H groups in total. The molecule has 2 amide bonds. The molecule has 1 aliphatic rings. The summed E-state index contributed by atoms with van der Waals surface area (Å²) >= 11 is 1.36. The van der Waals surface area contributed by atoms with Crippen molar-refractivity contribution in [2.45, 2.75) is 51.5 Å². The number of aryl methyl sites for hydroxylation is 1. The summed E-state index contributed by atoms with van der Waals surface area (Å²) in [6, 6.07) is 7.82. The lowest BCUT2D eigenvalue weighted by molar-refractivity contribution is 0.104. The average Bonchev–Trinajstić information content (AvgIpc) is 3.17. The van der Waals surface area contributed by atoms with Crippen molar-refractivity contribution in [2.24, 2.45) is 0 Å². The molecule has 0 atom stereocenters. The van der Waals surface area contributed by atoms with E-state index < -0.39 is 0 Å². The van der Waals surface area contributed by atoms with E-state index in [9.17, 15) is 9.59 Å². The number of aromatic nitrogens is 1. The number of anilines is 1. The molecule has 28 heavy (non-hydrogen) atoms. The third-order valence-electron chi connectivity index (χ3n) is 4.97. The van der Waals surface area contributed by atoms with Crippen molar-refractivity contribution in [2.75, 3.05) is 18.4 Å². The van der Waals surface area contributed by atoms with Gasteiger partial charge in [0.15, 0.2) is 5.13 Å². The van der Waals surface area contributed by atoms with Gasteiger partial charge in [0.25, 0.3) is 0 Å². The Morgan fingerprint density at radius 2 is 1.93 bits per heavy atom. The molecule has 1 heterocycles. The maximum Gasteiger partial charge on any atom is 0.315 e. The molecule has 0 aliphatic heterocycles. The molecule has 1 aromatic heterocycles. The summed E-state index contributed by atoms with van der Waals surface area (Å²) in [5.41, 5.74) is 1.68. The Balaban J connectivity index is 1.36. The number of nitrogens with one attached hydrogen (secondary N) is 3. The van der Waals surface area contributed by atoms with Crippen LogP contribution in [0, 0.1) is 6.92 Å². The summed E-state index contributed by atoms with van der Waals surface area (Å²) in [5.74, 6) is 0.00435. The smallest absolute Gasteiger partial charge is 0.315 e. The third-order valence-corrected chi connectivity index (χ3v) is 5.93. The SMILES string of the molecule is Cc1ccccc1C(=O)c1cnc(NCCCNC(=O)NC2CCCCC2)s1. The van der Waals surface area contributed by atoms with Gasteiger partial charge in [-0.25, -0.2) is 9.78 Å². The fraction of sp³-hybridized carbons (Fsp3) is 0.476. The Morgan fingerprint density at radius 3 is 2.71 bits per heavy atom. The highest BCUT2D eigenvalue weighted by Gasteiger charge is 2.16. The van der Waals surface area contributed by atoms with Crippen LogP contribution in [0.1, 0.15) is 59.3 Å². The molecule has 150 valence electrons. The van der Waals surface area contributed by atoms with Crippen LogP contribution in [0.4, 0.5) is 9.93 Å². The average molecular weight is 401 g/mol. The molecule has 2 aromatic rings. The second kappa shape index (κ2) is 10.2. The zero-order chi connectivity index (χ0) is 19.8. The second-order valence-electron chi connectivity index (χ2n) is 7.19. The van der Waals surface area contributed by atoms with Gasteiger partial charge < -0.3 is 16.0 Å². The number of thiazole rings is 1. The quantitative estimate of drug-likeness (QED) is 0.460. The molecule has 6 nitrogen and oxygen atoms in total. The fourth-order valence-corrected chi connectivity index (χ4v) is 4.19. The molecule has 0 saturated heterocycles. The van der Waals surface area contributed by atoms with E-state index in [1.54, 1.807) is 6.20 Å². The summed E-state index contributed by atoms with van der Waals surface area (Å²) < 4.78 is 0. The minimum absolute atomic E-state index is 0.00435. The number of hydrogen-bond acceptors (Lipinski definition) is 5. The standard InChI is InChI=1S/C21H28N4O2S/c1-15-8-5-6-11-17(15)19(26)18-14-24-21(28-18)23-13-7-12-22-20(27)25-16-9-3-2-4-10-16/h5-6,8,11,14,16H,2-4,7,9-10,12-13H2,1H3,(H,23,24)(H2,22,25,27). The first-order valence-corrected chi connectivity index (χ1v) is 10.8. The summed E-state index contributed by atoms with van der Waals surface area (Å²) in [5, 5.41) is 9.90. The molecule has 0 bridgehead atoms. The first kappa shape index (κ1) is 20.3. The Labute approximate surface area is 170 Å². The van der Waals surface area contributed by atoms with Crippen LogP contribution < -0.4 is 16.0 Å². The number of benzene rings is 1. The van der Waals surface area contributed by atoms with Gasteiger partial charge in [-0.05, 0) is 31.7 Å². The van der Waals surface area contributed by atoms with Crippen molar-refractivity contribution in [1.29, 1.82) is 0 Å². The highest BCUT2D eigenvalue weighted by atomic mass is 32.1. The molecule has 0 spiro atoms. The van der Waals surface area contributed by atoms with Gasteiger partial charge in [-0.2, -0.15) is 0 Å². The topological polar surface area (TPSA) is 83.1 Å². The number of ketones is 1. The molecule has 7 heteroatoms. The number of carbonyl (C=O) groups excluding carboxylic acids is 2. The lowest BCUT2D eigenvalue weighted by Gasteiger charge is -2.22. The first-order valence-electron chi connectivity index (χ1n) is 9.98. The molecule has 1 aromatic carbocycles. The fourth-order valence-electron chi connectivity index (χ4n) is 3.39. The first-order chi connectivity index (χ1) is 13.6. The minimum Gasteiger partial charge on any atom is -0.361 e. The van der Waals surface area contributed by atoms with Gasteiger partial charge in [-0.1, -0.05) is 54.9 Å². The zero-order valence-corrected chi connectivity index (χ0v) is 17.1. The van der Waals surface area contributed by atoms with E-state index in [4.69, 9.17) is 0 Å². The van der Waals surface area contributed by atoms with Crippen molar-refractivity contribution in [3.8, 4) is 0 Å². The molecule has 1 aliphatic carbocycles. The highest BCUT2D eigenvalue weighted by Crippen LogP contribution is 2.22. The van der Waals surface area contributed by atoms with Crippen LogP contribution >= 0.6 is 11.3 Å². The molecule has 1 fully saturated rings. The van der Waals surface area contributed by atoms with Gasteiger partial charge >= 0.3 is 6.03 Å². The van der Waals surface area contributed by atoms with Crippen LogP contribution in [-0.4, -0.2) is 35.9 Å². The van der Waals surface area contributed by atoms with Gasteiger partial charge in [0.05, 0.1) is 11.1 Å². The molecule has 1 saturated carbocycles. The number of rotatable bonds is 8. The van der Waals surface area contributed by atoms with Crippen LogP contribution in [0.25, 0.3) is 0 Å². The van der Waals surface area contributed by atoms with E-state index in [0.29, 0.717) is 29.6 Å². The van der Waals surface area contributed by atoms with E-state index in [0.717, 1.165) is 30.0 Å². The molecular weight excluding hydrogens is 372 g/mol. The lowest BCUT2D eigenvalue weighted by atomic mass is 9.96. The van der Waals surface area contributed by atoms with Crippen molar-refractivity contribution in [3.63, 3.8) is 0 Å². The van der Waals surface area contributed by atoms with Crippen molar-refractivity contribution in [3.05, 3.63) is 46.5 Å². The van der Waals surface area contributed by atoms with Gasteiger partial charge in [-0.15, -0.1) is 0 Å². The lowest BCUT2D eigenvalue weighted by Crippen LogP contribution is -2.43. The van der Waals surface area contributed by atoms with Crippen molar-refractivity contribution in [1.82, 2.24) is 15.6 Å². The number of amides is 2. The molecular formula is C21H28N4O2S. The zero-order valence-electron chi connectivity index (χ0n) is 16.3. The summed E-state index contributed by atoms with van der Waals surface area (Å²) in [6.07, 6.45) is 8.27. The van der Waals surface area contributed by atoms with E-state index in [1.165, 1.54) is 30.6 Å². The van der Waals surface area contributed by atoms with Gasteiger partial charge in [0, 0.05) is 24.7 Å². The predicted molar refractivity (Wildman–Crippen MR) is 113 cm³/mol. The summed E-state index contributed by atoms with van der Waals surface area (Å²) in [6.45, 7) is 3.23. The van der Waals surface area contributed by atoms with Crippen LogP contribution in [0.3, 0.4) is 0 Å². The number of carbonyl (C=O) groups is 2. The largest absolute Gasteiger partial charge is 0.361 e. The summed E-state index contributed by atoms with van der Waals surface area (Å²) in [4.78, 5) is 29.4. The maximum atomic E-state index is 12.6. The monoisotopic (exact) mass is 400 g/mol. The van der Waals surface area contributed by atoms with Crippen molar-refractivity contribution < 1.29 is 9.59 Å². The maximum absolute atomic E-state index is 12.6. The van der Waals surface area contributed by atoms with Gasteiger partial charge in [0.2, 0.25) is 5.78 Å². The highest BCUT2D eigenvalue weighted by molar-refractivity contribution is 7.17. The molecule has 0 unspecified atom stereocenters. The Kier molecular flexibility index (Phi) is 7.42. The summed E-state index contributed by atoms with van der Waals surface area (Å²) in [7, 11) is 0. The second-order valence-corrected chi connectivity index (χ2v) is 8.22. The third kappa shape index (κ3) is 5.79. The number of urea groups is 1. The number of hydrogen-bond donors (Lipinski definition) is 3. The Morgan fingerprint density at radius 1 is 1.14 bits per heavy atom. The Hall–Kier alpha value is -2.41. The van der Waals surface area contributed by atoms with Gasteiger partial charge in [0.1, 0.15) is 0 Å².